The first-order valence-corrected chi connectivity index (χ1v) is 7.45. The molecule has 10 heteroatoms. The van der Waals surface area contributed by atoms with Crippen LogP contribution in [0.2, 0.25) is 0 Å². The van der Waals surface area contributed by atoms with E-state index in [1.165, 1.54) is 0 Å². The first-order valence-electron chi connectivity index (χ1n) is 5.20. The first-order chi connectivity index (χ1) is 8.94. The number of hydrogen-bond acceptors (Lipinski definition) is 8. The van der Waals surface area contributed by atoms with E-state index in [0.29, 0.717) is 16.8 Å². The molecule has 1 aromatic carbocycles. The second-order valence-electron chi connectivity index (χ2n) is 3.86. The van der Waals surface area contributed by atoms with Crippen LogP contribution in [0.1, 0.15) is 11.1 Å². The van der Waals surface area contributed by atoms with E-state index in [1.54, 1.807) is 26.0 Å². The van der Waals surface area contributed by atoms with Gasteiger partial charge in [0.1, 0.15) is 0 Å². The summed E-state index contributed by atoms with van der Waals surface area (Å²) in [6.45, 7) is 3.39. The predicted octanol–water partition coefficient (Wildman–Crippen LogP) is 0.636. The van der Waals surface area contributed by atoms with Crippen LogP contribution in [0.15, 0.2) is 17.0 Å². The van der Waals surface area contributed by atoms with Gasteiger partial charge in [-0.05, 0) is 42.3 Å². The molecule has 0 aliphatic heterocycles. The molecule has 0 radical (unpaired) electrons. The standard InChI is InChI=1S/C9H12N6O2S2/c1-5-3-7(11-10)4-6(2)8(5)19(16,17)13-9-12-14-15-18-9/h3-4,11H,10H2,1-2H3,(H,12,13,15). The third-order valence-corrected chi connectivity index (χ3v) is 4.70. The van der Waals surface area contributed by atoms with Gasteiger partial charge >= 0.3 is 0 Å². The molecule has 2 aromatic rings. The highest BCUT2D eigenvalue weighted by atomic mass is 32.2. The summed E-state index contributed by atoms with van der Waals surface area (Å²) in [6.07, 6.45) is 0. The van der Waals surface area contributed by atoms with Gasteiger partial charge < -0.3 is 5.43 Å². The number of nitrogens with two attached hydrogens (primary N) is 1. The number of rotatable bonds is 4. The summed E-state index contributed by atoms with van der Waals surface area (Å²) in [7, 11) is -3.72. The van der Waals surface area contributed by atoms with Gasteiger partial charge in [0.15, 0.2) is 0 Å². The molecule has 0 spiro atoms. The molecule has 4 N–H and O–H groups in total. The fourth-order valence-electron chi connectivity index (χ4n) is 1.80. The smallest absolute Gasteiger partial charge is 0.264 e. The summed E-state index contributed by atoms with van der Waals surface area (Å²) in [6, 6.07) is 3.31. The van der Waals surface area contributed by atoms with Crippen LogP contribution < -0.4 is 16.0 Å². The molecule has 0 bridgehead atoms. The molecule has 0 saturated heterocycles. The Kier molecular flexibility index (Phi) is 3.64. The predicted molar refractivity (Wildman–Crippen MR) is 72.2 cm³/mol. The Labute approximate surface area is 114 Å². The Hall–Kier alpha value is -1.78. The van der Waals surface area contributed by atoms with E-state index >= 15 is 0 Å². The monoisotopic (exact) mass is 300 g/mol. The average molecular weight is 300 g/mol. The zero-order valence-corrected chi connectivity index (χ0v) is 11.8. The fourth-order valence-corrected chi connectivity index (χ4v) is 3.84. The van der Waals surface area contributed by atoms with E-state index < -0.39 is 10.0 Å². The molecule has 0 atom stereocenters. The van der Waals surface area contributed by atoms with Crippen molar-refractivity contribution in [2.75, 3.05) is 10.1 Å². The van der Waals surface area contributed by atoms with Crippen LogP contribution in [-0.4, -0.2) is 23.2 Å². The van der Waals surface area contributed by atoms with Crippen molar-refractivity contribution in [2.45, 2.75) is 18.7 Å². The average Bonchev–Trinajstić information content (AvgIpc) is 2.79. The van der Waals surface area contributed by atoms with Gasteiger partial charge in [0.2, 0.25) is 5.13 Å². The first kappa shape index (κ1) is 13.6. The molecule has 0 unspecified atom stereocenters. The molecule has 1 aromatic heterocycles. The van der Waals surface area contributed by atoms with Crippen molar-refractivity contribution in [1.82, 2.24) is 14.8 Å². The minimum atomic E-state index is -3.72. The zero-order chi connectivity index (χ0) is 14.0. The second-order valence-corrected chi connectivity index (χ2v) is 6.21. The van der Waals surface area contributed by atoms with Crippen molar-refractivity contribution in [3.05, 3.63) is 23.3 Å². The summed E-state index contributed by atoms with van der Waals surface area (Å²) < 4.78 is 30.4. The number of nitrogen functional groups attached to an aromatic ring is 1. The largest absolute Gasteiger partial charge is 0.324 e. The maximum atomic E-state index is 12.3. The highest BCUT2D eigenvalue weighted by molar-refractivity contribution is 7.93. The van der Waals surface area contributed by atoms with Crippen LogP contribution in [-0.2, 0) is 10.0 Å². The highest BCUT2D eigenvalue weighted by Crippen LogP contribution is 2.26. The Bertz CT molecular complexity index is 660. The van der Waals surface area contributed by atoms with E-state index in [0.717, 1.165) is 11.5 Å². The van der Waals surface area contributed by atoms with Gasteiger partial charge in [0.25, 0.3) is 10.0 Å². The lowest BCUT2D eigenvalue weighted by Crippen LogP contribution is -2.16. The van der Waals surface area contributed by atoms with Crippen LogP contribution in [0, 0.1) is 13.8 Å². The number of nitrogens with zero attached hydrogens (tertiary/aromatic N) is 3. The third-order valence-electron chi connectivity index (χ3n) is 2.42. The van der Waals surface area contributed by atoms with E-state index in [1.807, 2.05) is 0 Å². The molecule has 0 amide bonds. The van der Waals surface area contributed by atoms with Crippen LogP contribution in [0.5, 0.6) is 0 Å². The Morgan fingerprint density at radius 2 is 1.89 bits per heavy atom. The SMILES string of the molecule is Cc1cc(NN)cc(C)c1S(=O)(=O)Nc1nnns1. The minimum absolute atomic E-state index is 0.125. The third kappa shape index (κ3) is 2.80. The number of sulfonamides is 1. The quantitative estimate of drug-likeness (QED) is 0.559. The molecule has 1 heterocycles. The molecule has 102 valence electrons. The topological polar surface area (TPSA) is 123 Å². The Morgan fingerprint density at radius 1 is 1.26 bits per heavy atom. The normalized spacial score (nSPS) is 11.3. The van der Waals surface area contributed by atoms with Gasteiger partial charge in [-0.3, -0.25) is 10.6 Å². The van der Waals surface area contributed by atoms with E-state index in [9.17, 15) is 8.42 Å². The molecule has 0 aliphatic rings. The van der Waals surface area contributed by atoms with Gasteiger partial charge in [0.05, 0.1) is 4.90 Å². The second kappa shape index (κ2) is 5.07. The maximum Gasteiger partial charge on any atom is 0.264 e. The van der Waals surface area contributed by atoms with Crippen molar-refractivity contribution >= 4 is 32.4 Å². The van der Waals surface area contributed by atoms with Gasteiger partial charge in [-0.15, -0.1) is 0 Å². The van der Waals surface area contributed by atoms with Crippen molar-refractivity contribution in [3.63, 3.8) is 0 Å². The van der Waals surface area contributed by atoms with Gasteiger partial charge in [-0.1, -0.05) is 9.59 Å². The number of nitrogens with one attached hydrogen (secondary N) is 2. The molecule has 0 fully saturated rings. The molecule has 0 aliphatic carbocycles. The van der Waals surface area contributed by atoms with Crippen molar-refractivity contribution in [1.29, 1.82) is 0 Å². The minimum Gasteiger partial charge on any atom is -0.324 e. The molecular formula is C9H12N6O2S2. The molecule has 19 heavy (non-hydrogen) atoms. The summed E-state index contributed by atoms with van der Waals surface area (Å²) in [5.74, 6) is 5.32. The van der Waals surface area contributed by atoms with E-state index in [2.05, 4.69) is 24.9 Å². The highest BCUT2D eigenvalue weighted by Gasteiger charge is 2.21. The number of anilines is 2. The molecule has 2 rings (SSSR count). The van der Waals surface area contributed by atoms with Crippen molar-refractivity contribution in [3.8, 4) is 0 Å². The number of aryl methyl sites for hydroxylation is 2. The summed E-state index contributed by atoms with van der Waals surface area (Å²) >= 11 is 0.869. The number of hydrogen-bond donors (Lipinski definition) is 3. The van der Waals surface area contributed by atoms with E-state index in [4.69, 9.17) is 5.84 Å². The summed E-state index contributed by atoms with van der Waals surface area (Å²) in [5, 5.41) is 7.02. The lowest BCUT2D eigenvalue weighted by molar-refractivity contribution is 0.600. The van der Waals surface area contributed by atoms with Gasteiger partial charge in [0, 0.05) is 17.2 Å². The lowest BCUT2D eigenvalue weighted by atomic mass is 10.1. The van der Waals surface area contributed by atoms with Crippen molar-refractivity contribution < 1.29 is 8.42 Å². The summed E-state index contributed by atoms with van der Waals surface area (Å²) in [5.41, 5.74) is 4.30. The Morgan fingerprint density at radius 3 is 2.37 bits per heavy atom. The van der Waals surface area contributed by atoms with Gasteiger partial charge in [-0.25, -0.2) is 8.42 Å². The Balaban J connectivity index is 2.46. The zero-order valence-electron chi connectivity index (χ0n) is 10.2. The van der Waals surface area contributed by atoms with Crippen LogP contribution in [0.25, 0.3) is 0 Å². The summed E-state index contributed by atoms with van der Waals surface area (Å²) in [4.78, 5) is 0.196. The molecule has 0 saturated carbocycles. The van der Waals surface area contributed by atoms with Crippen LogP contribution in [0.4, 0.5) is 10.8 Å². The van der Waals surface area contributed by atoms with Crippen molar-refractivity contribution in [2.24, 2.45) is 5.84 Å². The number of hydrazine groups is 1. The fraction of sp³-hybridized carbons (Fsp3) is 0.222. The molecular weight excluding hydrogens is 288 g/mol. The van der Waals surface area contributed by atoms with E-state index in [-0.39, 0.29) is 10.0 Å². The number of aromatic nitrogens is 3. The maximum absolute atomic E-state index is 12.3. The number of benzene rings is 1. The molecule has 8 nitrogen and oxygen atoms in total. The van der Waals surface area contributed by atoms with Gasteiger partial charge in [-0.2, -0.15) is 0 Å². The van der Waals surface area contributed by atoms with Crippen LogP contribution >= 0.6 is 11.5 Å². The lowest BCUT2D eigenvalue weighted by Gasteiger charge is -2.12. The van der Waals surface area contributed by atoms with Crippen LogP contribution in [0.3, 0.4) is 0 Å².